The number of hydrogen-bond acceptors (Lipinski definition) is 2. The fourth-order valence-electron chi connectivity index (χ4n) is 3.43. The van der Waals surface area contributed by atoms with Crippen molar-refractivity contribution >= 4 is 0 Å². The van der Waals surface area contributed by atoms with E-state index in [9.17, 15) is 10.2 Å². The highest BCUT2D eigenvalue weighted by molar-refractivity contribution is 4.97. The normalized spacial score (nSPS) is 27.4. The first kappa shape index (κ1) is 14.1. The molecule has 18 heavy (non-hydrogen) atoms. The highest BCUT2D eigenvalue weighted by Gasteiger charge is 2.29. The molecule has 104 valence electrons. The molecule has 2 N–H and O–H groups in total. The monoisotopic (exact) mass is 252 g/mol. The van der Waals surface area contributed by atoms with Gasteiger partial charge in [-0.05, 0) is 38.5 Å². The quantitative estimate of drug-likeness (QED) is 0.749. The molecule has 2 aliphatic carbocycles. The van der Waals surface area contributed by atoms with Gasteiger partial charge >= 0.3 is 0 Å². The Kier molecular flexibility index (Phi) is 4.85. The van der Waals surface area contributed by atoms with Crippen LogP contribution in [0.4, 0.5) is 0 Å². The Balaban J connectivity index is 1.73. The Hall–Kier alpha value is -0.340. The van der Waals surface area contributed by atoms with E-state index in [0.717, 1.165) is 64.2 Å². The largest absolute Gasteiger partial charge is 0.390 e. The zero-order valence-corrected chi connectivity index (χ0v) is 11.5. The maximum Gasteiger partial charge on any atom is 0.0682 e. The summed E-state index contributed by atoms with van der Waals surface area (Å²) in [5.74, 6) is 0. The minimum absolute atomic E-state index is 0.454. The molecule has 0 bridgehead atoms. The molecule has 0 radical (unpaired) electrons. The molecule has 0 heterocycles. The van der Waals surface area contributed by atoms with Crippen LogP contribution in [-0.4, -0.2) is 21.4 Å². The third-order valence-electron chi connectivity index (χ3n) is 4.73. The minimum atomic E-state index is -0.454. The van der Waals surface area contributed by atoms with Gasteiger partial charge in [-0.25, -0.2) is 0 Å². The van der Waals surface area contributed by atoms with Crippen LogP contribution in [0.5, 0.6) is 0 Å². The van der Waals surface area contributed by atoms with Crippen LogP contribution < -0.4 is 0 Å². The molecule has 0 aromatic heterocycles. The van der Waals surface area contributed by atoms with E-state index in [1.807, 2.05) is 0 Å². The first-order chi connectivity index (χ1) is 8.62. The van der Waals surface area contributed by atoms with E-state index in [1.165, 1.54) is 12.8 Å². The fraction of sp³-hybridized carbons (Fsp3) is 0.875. The summed E-state index contributed by atoms with van der Waals surface area (Å²) >= 11 is 0. The molecule has 0 atom stereocenters. The van der Waals surface area contributed by atoms with Gasteiger partial charge in [-0.1, -0.05) is 50.7 Å². The highest BCUT2D eigenvalue weighted by Crippen LogP contribution is 2.33. The van der Waals surface area contributed by atoms with E-state index < -0.39 is 11.2 Å². The molecule has 0 aromatic carbocycles. The van der Waals surface area contributed by atoms with E-state index in [0.29, 0.717) is 0 Å². The van der Waals surface area contributed by atoms with Gasteiger partial charge in [0.2, 0.25) is 0 Å². The number of hydrogen-bond donors (Lipinski definition) is 2. The van der Waals surface area contributed by atoms with Gasteiger partial charge < -0.3 is 10.2 Å². The summed E-state index contributed by atoms with van der Waals surface area (Å²) in [5.41, 5.74) is -0.909. The van der Waals surface area contributed by atoms with E-state index >= 15 is 0 Å². The first-order valence-electron chi connectivity index (χ1n) is 7.72. The molecule has 2 aliphatic rings. The van der Waals surface area contributed by atoms with Crippen molar-refractivity contribution in [3.05, 3.63) is 12.2 Å². The topological polar surface area (TPSA) is 40.5 Å². The third kappa shape index (κ3) is 4.10. The minimum Gasteiger partial charge on any atom is -0.390 e. The van der Waals surface area contributed by atoms with Crippen LogP contribution in [-0.2, 0) is 0 Å². The predicted molar refractivity (Wildman–Crippen MR) is 74.4 cm³/mol. The summed E-state index contributed by atoms with van der Waals surface area (Å²) in [6.07, 6.45) is 16.7. The average Bonchev–Trinajstić information content (AvgIpc) is 2.37. The van der Waals surface area contributed by atoms with E-state index in [2.05, 4.69) is 12.2 Å². The predicted octanol–water partition coefficient (Wildman–Crippen LogP) is 3.71. The molecule has 2 heteroatoms. The van der Waals surface area contributed by atoms with Crippen molar-refractivity contribution in [2.75, 3.05) is 0 Å². The highest BCUT2D eigenvalue weighted by atomic mass is 16.3. The Bertz CT molecular complexity index is 243. The van der Waals surface area contributed by atoms with E-state index in [4.69, 9.17) is 0 Å². The number of rotatable bonds is 4. The second-order valence-corrected chi connectivity index (χ2v) is 6.45. The summed E-state index contributed by atoms with van der Waals surface area (Å²) in [5, 5.41) is 20.7. The molecule has 0 aliphatic heterocycles. The van der Waals surface area contributed by atoms with Crippen molar-refractivity contribution in [1.82, 2.24) is 0 Å². The van der Waals surface area contributed by atoms with Crippen LogP contribution in [0.3, 0.4) is 0 Å². The van der Waals surface area contributed by atoms with Gasteiger partial charge in [0, 0.05) is 0 Å². The lowest BCUT2D eigenvalue weighted by Crippen LogP contribution is -2.31. The summed E-state index contributed by atoms with van der Waals surface area (Å²) in [4.78, 5) is 0. The average molecular weight is 252 g/mol. The Morgan fingerprint density at radius 1 is 0.611 bits per heavy atom. The standard InChI is InChI=1S/C16H28O2/c17-15(9-3-1-4-10-15)13-7-8-14-16(18)11-5-2-6-12-16/h7-8,17-18H,1-6,9-14H2. The summed E-state index contributed by atoms with van der Waals surface area (Å²) in [7, 11) is 0. The van der Waals surface area contributed by atoms with Crippen molar-refractivity contribution in [2.45, 2.75) is 88.3 Å². The van der Waals surface area contributed by atoms with Crippen LogP contribution >= 0.6 is 0 Å². The number of aliphatic hydroxyl groups is 2. The maximum absolute atomic E-state index is 10.4. The molecule has 0 saturated heterocycles. The van der Waals surface area contributed by atoms with Gasteiger partial charge in [0.15, 0.2) is 0 Å². The molecule has 2 nitrogen and oxygen atoms in total. The fourth-order valence-corrected chi connectivity index (χ4v) is 3.43. The molecule has 2 fully saturated rings. The zero-order valence-electron chi connectivity index (χ0n) is 11.5. The Morgan fingerprint density at radius 3 is 1.28 bits per heavy atom. The van der Waals surface area contributed by atoms with Crippen molar-refractivity contribution in [3.8, 4) is 0 Å². The van der Waals surface area contributed by atoms with Crippen LogP contribution in [0.2, 0.25) is 0 Å². The lowest BCUT2D eigenvalue weighted by molar-refractivity contribution is 0.00300. The van der Waals surface area contributed by atoms with Gasteiger partial charge in [0.05, 0.1) is 11.2 Å². The van der Waals surface area contributed by atoms with Crippen molar-refractivity contribution in [3.63, 3.8) is 0 Å². The van der Waals surface area contributed by atoms with Gasteiger partial charge in [-0.3, -0.25) is 0 Å². The SMILES string of the molecule is OC1(CC=CCC2(O)CCCCC2)CCCCC1. The lowest BCUT2D eigenvalue weighted by atomic mass is 9.81. The van der Waals surface area contributed by atoms with Gasteiger partial charge in [-0.15, -0.1) is 0 Å². The molecule has 0 spiro atoms. The van der Waals surface area contributed by atoms with Crippen LogP contribution in [0.1, 0.15) is 77.0 Å². The van der Waals surface area contributed by atoms with Crippen LogP contribution in [0, 0.1) is 0 Å². The summed E-state index contributed by atoms with van der Waals surface area (Å²) in [6, 6.07) is 0. The van der Waals surface area contributed by atoms with E-state index in [-0.39, 0.29) is 0 Å². The summed E-state index contributed by atoms with van der Waals surface area (Å²) in [6.45, 7) is 0. The smallest absolute Gasteiger partial charge is 0.0682 e. The van der Waals surface area contributed by atoms with Crippen LogP contribution in [0.25, 0.3) is 0 Å². The van der Waals surface area contributed by atoms with Crippen molar-refractivity contribution in [2.24, 2.45) is 0 Å². The zero-order chi connectivity index (χ0) is 12.9. The third-order valence-corrected chi connectivity index (χ3v) is 4.73. The van der Waals surface area contributed by atoms with E-state index in [1.54, 1.807) is 0 Å². The molecule has 0 amide bonds. The van der Waals surface area contributed by atoms with Gasteiger partial charge in [0.1, 0.15) is 0 Å². The second kappa shape index (κ2) is 6.21. The molecule has 0 aromatic rings. The maximum atomic E-state index is 10.4. The Morgan fingerprint density at radius 2 is 0.944 bits per heavy atom. The molecule has 0 unspecified atom stereocenters. The van der Waals surface area contributed by atoms with Crippen molar-refractivity contribution in [1.29, 1.82) is 0 Å². The Labute approximate surface area is 111 Å². The van der Waals surface area contributed by atoms with Gasteiger partial charge in [-0.2, -0.15) is 0 Å². The summed E-state index contributed by atoms with van der Waals surface area (Å²) < 4.78 is 0. The second-order valence-electron chi connectivity index (χ2n) is 6.45. The van der Waals surface area contributed by atoms with Crippen molar-refractivity contribution < 1.29 is 10.2 Å². The first-order valence-corrected chi connectivity index (χ1v) is 7.72. The molecular weight excluding hydrogens is 224 g/mol. The lowest BCUT2D eigenvalue weighted by Gasteiger charge is -2.32. The van der Waals surface area contributed by atoms with Gasteiger partial charge in [0.25, 0.3) is 0 Å². The molecule has 2 saturated carbocycles. The van der Waals surface area contributed by atoms with Crippen LogP contribution in [0.15, 0.2) is 12.2 Å². The molecule has 2 rings (SSSR count). The molecular formula is C16H28O2.